The Morgan fingerprint density at radius 2 is 2.14 bits per heavy atom. The first-order chi connectivity index (χ1) is 10.5. The first kappa shape index (κ1) is 14.0. The van der Waals surface area contributed by atoms with E-state index in [2.05, 4.69) is 19.1 Å². The van der Waals surface area contributed by atoms with E-state index in [0.717, 1.165) is 32.1 Å². The normalized spacial score (nSPS) is 42.9. The third-order valence-electron chi connectivity index (χ3n) is 6.73. The molecule has 0 saturated heterocycles. The van der Waals surface area contributed by atoms with Crippen molar-refractivity contribution < 1.29 is 14.7 Å². The number of carbonyl (C=O) groups excluding carboxylic acids is 1. The second-order valence-electron chi connectivity index (χ2n) is 7.58. The summed E-state index contributed by atoms with van der Waals surface area (Å²) < 4.78 is 0. The lowest BCUT2D eigenvalue weighted by Gasteiger charge is -2.50. The van der Waals surface area contributed by atoms with Gasteiger partial charge in [-0.25, -0.2) is 4.79 Å². The van der Waals surface area contributed by atoms with Gasteiger partial charge in [-0.2, -0.15) is 0 Å². The highest BCUT2D eigenvalue weighted by Gasteiger charge is 2.55. The zero-order valence-electron chi connectivity index (χ0n) is 12.9. The van der Waals surface area contributed by atoms with Gasteiger partial charge in [0, 0.05) is 17.8 Å². The van der Waals surface area contributed by atoms with Crippen molar-refractivity contribution in [2.24, 2.45) is 29.1 Å². The Morgan fingerprint density at radius 1 is 1.32 bits per heavy atom. The fourth-order valence-corrected chi connectivity index (χ4v) is 5.51. The minimum Gasteiger partial charge on any atom is -0.478 e. The molecule has 22 heavy (non-hydrogen) atoms. The van der Waals surface area contributed by atoms with E-state index < -0.39 is 5.97 Å². The van der Waals surface area contributed by atoms with Crippen LogP contribution in [0, 0.1) is 29.1 Å². The van der Waals surface area contributed by atoms with E-state index in [-0.39, 0.29) is 5.41 Å². The lowest BCUT2D eigenvalue weighted by Crippen LogP contribution is -2.45. The molecule has 0 unspecified atom stereocenters. The van der Waals surface area contributed by atoms with E-state index in [4.69, 9.17) is 5.11 Å². The van der Waals surface area contributed by atoms with Gasteiger partial charge in [0.05, 0.1) is 5.57 Å². The lowest BCUT2D eigenvalue weighted by atomic mass is 9.54. The highest BCUT2D eigenvalue weighted by atomic mass is 16.4. The molecule has 0 amide bonds. The van der Waals surface area contributed by atoms with Crippen molar-refractivity contribution in [2.75, 3.05) is 0 Å². The fraction of sp³-hybridized carbons (Fsp3) is 0.579. The summed E-state index contributed by atoms with van der Waals surface area (Å²) >= 11 is 0. The molecule has 1 N–H and O–H groups in total. The number of rotatable bonds is 1. The van der Waals surface area contributed by atoms with Crippen molar-refractivity contribution in [3.63, 3.8) is 0 Å². The summed E-state index contributed by atoms with van der Waals surface area (Å²) in [7, 11) is 0. The van der Waals surface area contributed by atoms with Crippen LogP contribution in [-0.4, -0.2) is 16.9 Å². The van der Waals surface area contributed by atoms with Crippen molar-refractivity contribution in [1.82, 2.24) is 0 Å². The number of aliphatic carboxylic acids is 1. The number of hydrogen-bond donors (Lipinski definition) is 1. The molecule has 5 atom stereocenters. The van der Waals surface area contributed by atoms with Gasteiger partial charge < -0.3 is 5.11 Å². The molecule has 0 aliphatic heterocycles. The SMILES string of the molecule is C[C@]12CC[C@H]3[C@@H](CC=C4C=C(C(=O)O)C=C[C@@H]43)[C@@H]1CCC2=O. The minimum absolute atomic E-state index is 0.0903. The summed E-state index contributed by atoms with van der Waals surface area (Å²) in [6.07, 6.45) is 12.8. The Balaban J connectivity index is 1.66. The number of hydrogen-bond acceptors (Lipinski definition) is 2. The highest BCUT2D eigenvalue weighted by molar-refractivity contribution is 5.91. The Kier molecular flexibility index (Phi) is 2.97. The van der Waals surface area contributed by atoms with Crippen molar-refractivity contribution in [1.29, 1.82) is 0 Å². The molecule has 3 nitrogen and oxygen atoms in total. The van der Waals surface area contributed by atoms with Crippen molar-refractivity contribution in [3.05, 3.63) is 35.5 Å². The van der Waals surface area contributed by atoms with E-state index in [9.17, 15) is 9.59 Å². The van der Waals surface area contributed by atoms with Crippen LogP contribution in [0.15, 0.2) is 35.5 Å². The van der Waals surface area contributed by atoms with E-state index in [1.165, 1.54) is 5.57 Å². The smallest absolute Gasteiger partial charge is 0.335 e. The monoisotopic (exact) mass is 298 g/mol. The Hall–Kier alpha value is -1.64. The Morgan fingerprint density at radius 3 is 2.91 bits per heavy atom. The van der Waals surface area contributed by atoms with Gasteiger partial charge in [-0.05, 0) is 55.1 Å². The average Bonchev–Trinajstić information content (AvgIpc) is 2.82. The Labute approximate surface area is 130 Å². The van der Waals surface area contributed by atoms with Gasteiger partial charge in [-0.15, -0.1) is 0 Å². The maximum absolute atomic E-state index is 12.3. The van der Waals surface area contributed by atoms with Crippen LogP contribution in [0.2, 0.25) is 0 Å². The summed E-state index contributed by atoms with van der Waals surface area (Å²) in [5.74, 6) is 1.65. The molecule has 0 aromatic carbocycles. The van der Waals surface area contributed by atoms with Crippen LogP contribution in [0.25, 0.3) is 0 Å². The van der Waals surface area contributed by atoms with Crippen LogP contribution >= 0.6 is 0 Å². The minimum atomic E-state index is -0.852. The quantitative estimate of drug-likeness (QED) is 0.805. The molecule has 4 aliphatic rings. The summed E-state index contributed by atoms with van der Waals surface area (Å²) in [5.41, 5.74) is 1.47. The van der Waals surface area contributed by atoms with E-state index in [1.54, 1.807) is 6.08 Å². The molecule has 0 aromatic heterocycles. The average molecular weight is 298 g/mol. The third-order valence-corrected chi connectivity index (χ3v) is 6.73. The molecule has 0 aromatic rings. The zero-order chi connectivity index (χ0) is 15.5. The van der Waals surface area contributed by atoms with Crippen LogP contribution in [-0.2, 0) is 9.59 Å². The first-order valence-corrected chi connectivity index (χ1v) is 8.37. The fourth-order valence-electron chi connectivity index (χ4n) is 5.51. The topological polar surface area (TPSA) is 54.4 Å². The predicted octanol–water partition coefficient (Wildman–Crippen LogP) is 3.53. The molecule has 2 saturated carbocycles. The number of fused-ring (bicyclic) bond motifs is 5. The highest BCUT2D eigenvalue weighted by Crippen LogP contribution is 2.59. The van der Waals surface area contributed by atoms with Gasteiger partial charge in [-0.3, -0.25) is 4.79 Å². The summed E-state index contributed by atoms with van der Waals surface area (Å²) in [6, 6.07) is 0. The molecular formula is C19H22O3. The predicted molar refractivity (Wildman–Crippen MR) is 83.1 cm³/mol. The summed E-state index contributed by atoms with van der Waals surface area (Å²) in [4.78, 5) is 23.5. The number of carboxylic acids is 1. The third kappa shape index (κ3) is 1.81. The number of allylic oxidation sites excluding steroid dienone is 4. The molecule has 3 heteroatoms. The van der Waals surface area contributed by atoms with Crippen molar-refractivity contribution >= 4 is 11.8 Å². The van der Waals surface area contributed by atoms with Crippen LogP contribution in [0.1, 0.15) is 39.0 Å². The van der Waals surface area contributed by atoms with Gasteiger partial charge in [-0.1, -0.05) is 25.2 Å². The molecule has 2 fully saturated rings. The number of carbonyl (C=O) groups is 2. The van der Waals surface area contributed by atoms with Crippen LogP contribution in [0.5, 0.6) is 0 Å². The van der Waals surface area contributed by atoms with E-state index in [1.807, 2.05) is 6.08 Å². The van der Waals surface area contributed by atoms with Gasteiger partial charge in [0.15, 0.2) is 0 Å². The second-order valence-corrected chi connectivity index (χ2v) is 7.58. The van der Waals surface area contributed by atoms with Crippen LogP contribution < -0.4 is 0 Å². The van der Waals surface area contributed by atoms with Crippen LogP contribution in [0.4, 0.5) is 0 Å². The standard InChI is InChI=1S/C19H22O3/c1-19-9-8-14-13-4-3-12(18(21)22)10-11(13)2-5-15(14)16(19)6-7-17(19)20/h2-4,10,13-16H,5-9H2,1H3,(H,21,22)/t13-,14+,15+,16-,19-/m0/s1. The van der Waals surface area contributed by atoms with Crippen LogP contribution in [0.3, 0.4) is 0 Å². The molecule has 0 heterocycles. The first-order valence-electron chi connectivity index (χ1n) is 8.37. The molecule has 4 aliphatic carbocycles. The van der Waals surface area contributed by atoms with Gasteiger partial charge in [0.25, 0.3) is 0 Å². The maximum Gasteiger partial charge on any atom is 0.335 e. The number of carboxylic acid groups (broad SMARTS) is 1. The molecule has 0 radical (unpaired) electrons. The largest absolute Gasteiger partial charge is 0.478 e. The number of Topliss-reactive ketones (excluding diaryl/α,β-unsaturated/α-hetero) is 1. The number of ketones is 1. The van der Waals surface area contributed by atoms with Gasteiger partial charge >= 0.3 is 5.97 Å². The van der Waals surface area contributed by atoms with Gasteiger partial charge in [0.2, 0.25) is 0 Å². The summed E-state index contributed by atoms with van der Waals surface area (Å²) in [5, 5.41) is 9.16. The Bertz CT molecular complexity index is 639. The zero-order valence-corrected chi connectivity index (χ0v) is 12.9. The van der Waals surface area contributed by atoms with Crippen molar-refractivity contribution in [3.8, 4) is 0 Å². The van der Waals surface area contributed by atoms with Gasteiger partial charge in [0.1, 0.15) is 5.78 Å². The molecule has 0 spiro atoms. The molecule has 116 valence electrons. The molecular weight excluding hydrogens is 276 g/mol. The van der Waals surface area contributed by atoms with E-state index >= 15 is 0 Å². The maximum atomic E-state index is 12.3. The second kappa shape index (κ2) is 4.68. The molecule has 0 bridgehead atoms. The van der Waals surface area contributed by atoms with E-state index in [0.29, 0.717) is 35.0 Å². The summed E-state index contributed by atoms with van der Waals surface area (Å²) in [6.45, 7) is 2.18. The van der Waals surface area contributed by atoms with Crippen molar-refractivity contribution in [2.45, 2.75) is 39.0 Å². The molecule has 4 rings (SSSR count). The lowest BCUT2D eigenvalue weighted by molar-refractivity contribution is -0.132.